The van der Waals surface area contributed by atoms with E-state index in [4.69, 9.17) is 5.73 Å². The van der Waals surface area contributed by atoms with Gasteiger partial charge in [-0.2, -0.15) is 0 Å². The average Bonchev–Trinajstić information content (AvgIpc) is 2.45. The fourth-order valence-corrected chi connectivity index (χ4v) is 2.16. The van der Waals surface area contributed by atoms with Crippen LogP contribution < -0.4 is 5.73 Å². The Morgan fingerprint density at radius 3 is 2.05 bits per heavy atom. The SMILES string of the molecule is CC[C@H](C)[C@H](N)C(=O)N(CC)CCCN(CC)CC. The van der Waals surface area contributed by atoms with Crippen LogP contribution in [0.25, 0.3) is 0 Å². The van der Waals surface area contributed by atoms with E-state index in [-0.39, 0.29) is 17.9 Å². The Morgan fingerprint density at radius 1 is 1.05 bits per heavy atom. The summed E-state index contributed by atoms with van der Waals surface area (Å²) in [5.74, 6) is 0.362. The minimum atomic E-state index is -0.349. The van der Waals surface area contributed by atoms with Crippen LogP contribution in [0.4, 0.5) is 0 Å². The van der Waals surface area contributed by atoms with Crippen molar-refractivity contribution in [3.63, 3.8) is 0 Å². The molecule has 0 aromatic carbocycles. The molecular weight excluding hydrogens is 238 g/mol. The molecule has 0 bridgehead atoms. The summed E-state index contributed by atoms with van der Waals surface area (Å²) in [6.45, 7) is 15.3. The molecule has 0 unspecified atom stereocenters. The van der Waals surface area contributed by atoms with Crippen molar-refractivity contribution in [3.8, 4) is 0 Å². The predicted octanol–water partition coefficient (Wildman–Crippen LogP) is 1.94. The van der Waals surface area contributed by atoms with E-state index in [1.54, 1.807) is 0 Å². The lowest BCUT2D eigenvalue weighted by molar-refractivity contribution is -0.133. The number of hydrogen-bond acceptors (Lipinski definition) is 3. The van der Waals surface area contributed by atoms with Crippen LogP contribution >= 0.6 is 0 Å². The van der Waals surface area contributed by atoms with Crippen LogP contribution in [-0.4, -0.2) is 54.5 Å². The van der Waals surface area contributed by atoms with Crippen molar-refractivity contribution in [3.05, 3.63) is 0 Å². The van der Waals surface area contributed by atoms with Crippen molar-refractivity contribution in [2.45, 2.75) is 53.5 Å². The Balaban J connectivity index is 4.23. The molecule has 0 aliphatic carbocycles. The van der Waals surface area contributed by atoms with Gasteiger partial charge in [0.2, 0.25) is 5.91 Å². The third kappa shape index (κ3) is 6.39. The van der Waals surface area contributed by atoms with E-state index < -0.39 is 0 Å². The van der Waals surface area contributed by atoms with E-state index in [1.807, 2.05) is 18.7 Å². The summed E-state index contributed by atoms with van der Waals surface area (Å²) in [5.41, 5.74) is 6.03. The number of rotatable bonds is 10. The highest BCUT2D eigenvalue weighted by molar-refractivity contribution is 5.81. The van der Waals surface area contributed by atoms with Gasteiger partial charge in [0.05, 0.1) is 6.04 Å². The molecule has 0 rings (SSSR count). The number of nitrogens with two attached hydrogens (primary N) is 1. The van der Waals surface area contributed by atoms with Gasteiger partial charge in [-0.1, -0.05) is 34.1 Å². The number of carbonyl (C=O) groups excluding carboxylic acids is 1. The highest BCUT2D eigenvalue weighted by Gasteiger charge is 2.23. The molecule has 114 valence electrons. The average molecular weight is 271 g/mol. The van der Waals surface area contributed by atoms with Crippen LogP contribution in [0.1, 0.15) is 47.5 Å². The van der Waals surface area contributed by atoms with Crippen LogP contribution in [-0.2, 0) is 4.79 Å². The summed E-state index contributed by atoms with van der Waals surface area (Å²) in [6, 6.07) is -0.349. The Hall–Kier alpha value is -0.610. The fourth-order valence-electron chi connectivity index (χ4n) is 2.16. The third-order valence-corrected chi connectivity index (χ3v) is 4.03. The van der Waals surface area contributed by atoms with Gasteiger partial charge in [-0.15, -0.1) is 0 Å². The minimum absolute atomic E-state index is 0.108. The van der Waals surface area contributed by atoms with Gasteiger partial charge in [0.15, 0.2) is 0 Å². The number of nitrogens with zero attached hydrogens (tertiary/aromatic N) is 2. The molecule has 0 aromatic heterocycles. The van der Waals surface area contributed by atoms with Crippen molar-refractivity contribution in [1.29, 1.82) is 0 Å². The second-order valence-electron chi connectivity index (χ2n) is 5.21. The zero-order chi connectivity index (χ0) is 14.8. The molecule has 0 saturated carbocycles. The van der Waals surface area contributed by atoms with Gasteiger partial charge in [0.25, 0.3) is 0 Å². The summed E-state index contributed by atoms with van der Waals surface area (Å²) in [7, 11) is 0. The molecular formula is C15H33N3O. The zero-order valence-electron chi connectivity index (χ0n) is 13.5. The van der Waals surface area contributed by atoms with Gasteiger partial charge in [-0.05, 0) is 38.9 Å². The van der Waals surface area contributed by atoms with Crippen LogP contribution in [0.15, 0.2) is 0 Å². The molecule has 0 aromatic rings. The first-order valence-electron chi connectivity index (χ1n) is 7.78. The Morgan fingerprint density at radius 2 is 1.63 bits per heavy atom. The van der Waals surface area contributed by atoms with Crippen LogP contribution in [0.5, 0.6) is 0 Å². The molecule has 2 N–H and O–H groups in total. The quantitative estimate of drug-likeness (QED) is 0.660. The van der Waals surface area contributed by atoms with Gasteiger partial charge in [0, 0.05) is 13.1 Å². The van der Waals surface area contributed by atoms with Crippen molar-refractivity contribution in [1.82, 2.24) is 9.80 Å². The summed E-state index contributed by atoms with van der Waals surface area (Å²) in [4.78, 5) is 16.6. The summed E-state index contributed by atoms with van der Waals surface area (Å²) in [5, 5.41) is 0. The van der Waals surface area contributed by atoms with Gasteiger partial charge >= 0.3 is 0 Å². The lowest BCUT2D eigenvalue weighted by Gasteiger charge is -2.28. The van der Waals surface area contributed by atoms with Gasteiger partial charge in [-0.25, -0.2) is 0 Å². The van der Waals surface area contributed by atoms with E-state index in [1.165, 1.54) is 0 Å². The standard InChI is InChI=1S/C15H33N3O/c1-6-13(5)14(16)15(19)18(9-4)12-10-11-17(7-2)8-3/h13-14H,6-12,16H2,1-5H3/t13-,14-/m0/s1. The molecule has 0 fully saturated rings. The van der Waals surface area contributed by atoms with Crippen molar-refractivity contribution in [2.75, 3.05) is 32.7 Å². The molecule has 0 radical (unpaired) electrons. The molecule has 0 aliphatic heterocycles. The second-order valence-corrected chi connectivity index (χ2v) is 5.21. The summed E-state index contributed by atoms with van der Waals surface area (Å²) < 4.78 is 0. The monoisotopic (exact) mass is 271 g/mol. The van der Waals surface area contributed by atoms with Crippen molar-refractivity contribution < 1.29 is 4.79 Å². The molecule has 2 atom stereocenters. The zero-order valence-corrected chi connectivity index (χ0v) is 13.5. The van der Waals surface area contributed by atoms with Gasteiger partial charge in [-0.3, -0.25) is 4.79 Å². The maximum atomic E-state index is 12.3. The maximum Gasteiger partial charge on any atom is 0.239 e. The first kappa shape index (κ1) is 18.4. The van der Waals surface area contributed by atoms with Gasteiger partial charge < -0.3 is 15.5 Å². The fraction of sp³-hybridized carbons (Fsp3) is 0.933. The molecule has 4 nitrogen and oxygen atoms in total. The van der Waals surface area contributed by atoms with Crippen LogP contribution in [0.3, 0.4) is 0 Å². The first-order chi connectivity index (χ1) is 9.01. The third-order valence-electron chi connectivity index (χ3n) is 4.03. The van der Waals surface area contributed by atoms with E-state index in [9.17, 15) is 4.79 Å². The smallest absolute Gasteiger partial charge is 0.239 e. The van der Waals surface area contributed by atoms with Crippen molar-refractivity contribution in [2.24, 2.45) is 11.7 Å². The van der Waals surface area contributed by atoms with E-state index in [0.29, 0.717) is 0 Å². The molecule has 4 heteroatoms. The summed E-state index contributed by atoms with van der Waals surface area (Å²) in [6.07, 6.45) is 1.97. The molecule has 1 amide bonds. The summed E-state index contributed by atoms with van der Waals surface area (Å²) >= 11 is 0. The molecule has 0 spiro atoms. The molecule has 0 aliphatic rings. The highest BCUT2D eigenvalue weighted by Crippen LogP contribution is 2.09. The van der Waals surface area contributed by atoms with E-state index >= 15 is 0 Å². The first-order valence-corrected chi connectivity index (χ1v) is 7.78. The Bertz CT molecular complexity index is 242. The number of amides is 1. The highest BCUT2D eigenvalue weighted by atomic mass is 16.2. The lowest BCUT2D eigenvalue weighted by atomic mass is 9.99. The predicted molar refractivity (Wildman–Crippen MR) is 82.1 cm³/mol. The van der Waals surface area contributed by atoms with E-state index in [0.717, 1.165) is 45.6 Å². The molecule has 19 heavy (non-hydrogen) atoms. The number of carbonyl (C=O) groups is 1. The number of hydrogen-bond donors (Lipinski definition) is 1. The van der Waals surface area contributed by atoms with Crippen molar-refractivity contribution >= 4 is 5.91 Å². The molecule has 0 heterocycles. The normalized spacial score (nSPS) is 14.5. The van der Waals surface area contributed by atoms with E-state index in [2.05, 4.69) is 25.7 Å². The second kappa shape index (κ2) is 10.2. The lowest BCUT2D eigenvalue weighted by Crippen LogP contribution is -2.47. The topological polar surface area (TPSA) is 49.6 Å². The van der Waals surface area contributed by atoms with Crippen LogP contribution in [0, 0.1) is 5.92 Å². The Labute approximate surface area is 119 Å². The molecule has 0 saturated heterocycles. The van der Waals surface area contributed by atoms with Gasteiger partial charge in [0.1, 0.15) is 0 Å². The maximum absolute atomic E-state index is 12.3. The number of likely N-dealkylation sites (N-methyl/N-ethyl adjacent to an activating group) is 1. The van der Waals surface area contributed by atoms with Crippen LogP contribution in [0.2, 0.25) is 0 Å². The largest absolute Gasteiger partial charge is 0.342 e. The Kier molecular flexibility index (Phi) is 9.88. The minimum Gasteiger partial charge on any atom is -0.342 e.